The van der Waals surface area contributed by atoms with Crippen LogP contribution in [0.1, 0.15) is 109 Å². The van der Waals surface area contributed by atoms with E-state index in [-0.39, 0.29) is 78.4 Å². The molecule has 0 aliphatic carbocycles. The van der Waals surface area contributed by atoms with E-state index in [0.717, 1.165) is 51.9 Å². The Morgan fingerprint density at radius 1 is 0.765 bits per heavy atom. The molecule has 454 valence electrons. The number of aromatic nitrogens is 4. The molecule has 3 aromatic rings. The van der Waals surface area contributed by atoms with Crippen molar-refractivity contribution in [3.05, 3.63) is 37.5 Å². The Morgan fingerprint density at radius 2 is 1.38 bits per heavy atom. The zero-order valence-electron chi connectivity index (χ0n) is 46.7. The van der Waals surface area contributed by atoms with Crippen molar-refractivity contribution in [1.29, 1.82) is 0 Å². The first-order valence-electron chi connectivity index (χ1n) is 26.5. The van der Waals surface area contributed by atoms with Gasteiger partial charge in [-0.2, -0.15) is 0 Å². The standard InChI is InChI=1S/C49H82ClN17O10S4/c1-26(2)36(66-47(74)31(13-22-81(6)77)62-48(75)37-27(3)41(54)67-43(65-37)32(23-34(53)68)60-24-29(52)42(55)70)39(69)28(4)44(71)61-30(12-21-80(5)76)45(72)59-20-11-35-64-38(40(50)79-35)49-63-33(25-78-49)46(73)58-19-10-18-57-16-8-7-15-56-17-9-14-51/h25-26,28-32,36,39,56-57,60,69H,7-24,51-52H2,1-6H3,(H2,53,68)(H2,55,70)(H,58,73)(H,59,72)(H,61,71)(H,62,75)(H,66,74)(H2,54,65,67)/t28-,29-,30-,31-,32-,36+,39-,80?,81?/m0/s1. The average molecular weight is 1230 g/mol. The number of hydrogen-bond acceptors (Lipinski definition) is 22. The van der Waals surface area contributed by atoms with Crippen LogP contribution in [0.25, 0.3) is 10.7 Å². The maximum Gasteiger partial charge on any atom is 0.271 e. The molecule has 3 aromatic heterocycles. The maximum absolute atomic E-state index is 14.1. The number of hydrogen-bond donors (Lipinski definition) is 14. The lowest BCUT2D eigenvalue weighted by Gasteiger charge is -2.33. The normalized spacial score (nSPS) is 14.9. The predicted molar refractivity (Wildman–Crippen MR) is 316 cm³/mol. The van der Waals surface area contributed by atoms with Crippen molar-refractivity contribution >= 4 is 103 Å². The van der Waals surface area contributed by atoms with E-state index >= 15 is 0 Å². The first kappa shape index (κ1) is 70.0. The van der Waals surface area contributed by atoms with Gasteiger partial charge in [0.15, 0.2) is 0 Å². The molecule has 0 saturated heterocycles. The predicted octanol–water partition coefficient (Wildman–Crippen LogP) is -2.04. The molecule has 7 amide bonds. The van der Waals surface area contributed by atoms with Gasteiger partial charge in [-0.3, -0.25) is 42.0 Å². The van der Waals surface area contributed by atoms with E-state index in [9.17, 15) is 47.1 Å². The molecule has 0 fully saturated rings. The van der Waals surface area contributed by atoms with Gasteiger partial charge in [-0.15, -0.1) is 22.7 Å². The molecule has 0 aliphatic rings. The Hall–Kier alpha value is -5.22. The molecule has 0 saturated carbocycles. The molecule has 3 rings (SSSR count). The zero-order valence-corrected chi connectivity index (χ0v) is 50.8. The number of thiazole rings is 2. The molecule has 3 heterocycles. The van der Waals surface area contributed by atoms with Crippen LogP contribution < -0.4 is 71.2 Å². The molecule has 19 N–H and O–H groups in total. The van der Waals surface area contributed by atoms with Crippen molar-refractivity contribution in [2.45, 2.75) is 115 Å². The smallest absolute Gasteiger partial charge is 0.271 e. The van der Waals surface area contributed by atoms with E-state index < -0.39 is 112 Å². The fourth-order valence-electron chi connectivity index (χ4n) is 7.73. The van der Waals surface area contributed by atoms with Gasteiger partial charge in [0.2, 0.25) is 29.5 Å². The monoisotopic (exact) mass is 1230 g/mol. The van der Waals surface area contributed by atoms with Gasteiger partial charge in [0, 0.05) is 89.0 Å². The molecule has 0 radical (unpaired) electrons. The van der Waals surface area contributed by atoms with E-state index in [1.54, 1.807) is 19.2 Å². The quantitative estimate of drug-likeness (QED) is 0.0273. The second-order valence-corrected chi connectivity index (χ2v) is 25.3. The summed E-state index contributed by atoms with van der Waals surface area (Å²) in [6.07, 6.45) is 4.83. The van der Waals surface area contributed by atoms with Crippen LogP contribution >= 0.6 is 34.3 Å². The Labute approximate surface area is 490 Å². The lowest BCUT2D eigenvalue weighted by molar-refractivity contribution is -0.135. The highest BCUT2D eigenvalue weighted by molar-refractivity contribution is 7.84. The number of aliphatic hydroxyl groups is 1. The number of rotatable bonds is 40. The molecule has 27 nitrogen and oxygen atoms in total. The Kier molecular flexibility index (Phi) is 31.5. The van der Waals surface area contributed by atoms with Crippen molar-refractivity contribution in [2.75, 3.05) is 82.1 Å². The van der Waals surface area contributed by atoms with Crippen molar-refractivity contribution in [3.8, 4) is 10.7 Å². The molecule has 32 heteroatoms. The number of unbranched alkanes of at least 4 members (excludes halogenated alkanes) is 1. The van der Waals surface area contributed by atoms with Crippen LogP contribution in [-0.4, -0.2) is 181 Å². The lowest BCUT2D eigenvalue weighted by atomic mass is 9.89. The van der Waals surface area contributed by atoms with Gasteiger partial charge in [0.25, 0.3) is 11.8 Å². The summed E-state index contributed by atoms with van der Waals surface area (Å²) < 4.78 is 24.8. The number of anilines is 1. The highest BCUT2D eigenvalue weighted by Crippen LogP contribution is 2.34. The Morgan fingerprint density at radius 3 is 1.98 bits per heavy atom. The summed E-state index contributed by atoms with van der Waals surface area (Å²) in [5.74, 6) is -7.04. The summed E-state index contributed by atoms with van der Waals surface area (Å²) in [5, 5.41) is 37.6. The van der Waals surface area contributed by atoms with E-state index in [2.05, 4.69) is 62.5 Å². The third kappa shape index (κ3) is 24.6. The van der Waals surface area contributed by atoms with Gasteiger partial charge in [-0.25, -0.2) is 19.9 Å². The lowest BCUT2D eigenvalue weighted by Crippen LogP contribution is -2.58. The van der Waals surface area contributed by atoms with Gasteiger partial charge < -0.3 is 76.3 Å². The summed E-state index contributed by atoms with van der Waals surface area (Å²) in [4.78, 5) is 110. The average Bonchev–Trinajstić information content (AvgIpc) is 4.09. The van der Waals surface area contributed by atoms with Crippen LogP contribution in [0, 0.1) is 18.8 Å². The van der Waals surface area contributed by atoms with Gasteiger partial charge in [0.05, 0.1) is 35.2 Å². The Bertz CT molecular complexity index is 2610. The number of nitrogens with one attached hydrogen (secondary N) is 8. The van der Waals surface area contributed by atoms with Crippen molar-refractivity contribution < 1.29 is 47.1 Å². The number of carbonyl (C=O) groups is 7. The van der Waals surface area contributed by atoms with Crippen LogP contribution in [0.4, 0.5) is 5.82 Å². The minimum absolute atomic E-state index is 0.0164. The summed E-state index contributed by atoms with van der Waals surface area (Å²) in [6.45, 7) is 10.8. The number of carbonyl (C=O) groups excluding carboxylic acids is 7. The molecule has 0 bridgehead atoms. The molecule has 2 unspecified atom stereocenters. The van der Waals surface area contributed by atoms with Crippen LogP contribution in [0.5, 0.6) is 0 Å². The van der Waals surface area contributed by atoms with Gasteiger partial charge in [-0.1, -0.05) is 32.4 Å². The number of nitrogens with two attached hydrogens (primary N) is 5. The summed E-state index contributed by atoms with van der Waals surface area (Å²) in [6, 6.07) is -5.90. The number of halogens is 1. The van der Waals surface area contributed by atoms with Crippen LogP contribution in [0.3, 0.4) is 0 Å². The van der Waals surface area contributed by atoms with Gasteiger partial charge >= 0.3 is 0 Å². The maximum atomic E-state index is 14.1. The second-order valence-electron chi connectivity index (χ2n) is 19.6. The van der Waals surface area contributed by atoms with Gasteiger partial charge in [-0.05, 0) is 84.1 Å². The molecule has 0 aromatic carbocycles. The fourth-order valence-corrected chi connectivity index (χ4v) is 11.0. The molecule has 0 spiro atoms. The molecule has 81 heavy (non-hydrogen) atoms. The van der Waals surface area contributed by atoms with E-state index in [1.807, 2.05) is 0 Å². The van der Waals surface area contributed by atoms with E-state index in [1.165, 1.54) is 49.0 Å². The number of primary amides is 2. The summed E-state index contributed by atoms with van der Waals surface area (Å²) in [7, 11) is -2.77. The molecule has 0 aliphatic heterocycles. The van der Waals surface area contributed by atoms with Crippen LogP contribution in [-0.2, 0) is 52.0 Å². The molecule has 9 atom stereocenters. The van der Waals surface area contributed by atoms with Crippen molar-refractivity contribution in [1.82, 2.24) is 62.5 Å². The van der Waals surface area contributed by atoms with Crippen LogP contribution in [0.2, 0.25) is 4.34 Å². The highest BCUT2D eigenvalue weighted by atomic mass is 35.5. The Balaban J connectivity index is 1.65. The second kappa shape index (κ2) is 36.4. The third-order valence-electron chi connectivity index (χ3n) is 12.6. The minimum atomic E-state index is -1.56. The molecular weight excluding hydrogens is 1150 g/mol. The van der Waals surface area contributed by atoms with E-state index in [0.29, 0.717) is 33.1 Å². The first-order chi connectivity index (χ1) is 38.3. The third-order valence-corrected chi connectivity index (χ3v) is 16.4. The summed E-state index contributed by atoms with van der Waals surface area (Å²) >= 11 is 8.99. The van der Waals surface area contributed by atoms with E-state index in [4.69, 9.17) is 40.3 Å². The number of nitrogen functional groups attached to an aromatic ring is 1. The van der Waals surface area contributed by atoms with Crippen molar-refractivity contribution in [2.24, 2.45) is 34.8 Å². The zero-order chi connectivity index (χ0) is 60.3. The van der Waals surface area contributed by atoms with Gasteiger partial charge in [0.1, 0.15) is 50.2 Å². The topological polar surface area (TPSA) is 452 Å². The van der Waals surface area contributed by atoms with Crippen LogP contribution in [0.15, 0.2) is 5.38 Å². The fraction of sp³-hybridized carbons (Fsp3) is 0.653. The largest absolute Gasteiger partial charge is 0.390 e. The number of amides is 7. The van der Waals surface area contributed by atoms with Crippen molar-refractivity contribution in [3.63, 3.8) is 0 Å². The number of nitrogens with zero attached hydrogens (tertiary/aromatic N) is 4. The highest BCUT2D eigenvalue weighted by Gasteiger charge is 2.36. The number of aliphatic hydroxyl groups excluding tert-OH is 1. The minimum Gasteiger partial charge on any atom is -0.390 e. The SMILES string of the molecule is Cc1c(N)nc([C@H](CC(N)=O)NC[C@H](N)C(N)=O)nc1C(=O)N[C@@H](CCS(C)=O)C(=O)N[C@H](C(C)C)[C@@H](O)[C@H](C)C(=O)N[C@@H](CCS(C)=O)C(=O)NCCc1nc(-c2nc(C(=O)NCCCNCCCCNCCCN)cs2)c(Cl)s1. The first-order valence-corrected chi connectivity index (χ1v) is 32.1. The molecular formula is C49H82ClN17O10S4. The summed E-state index contributed by atoms with van der Waals surface area (Å²) in [5.41, 5.74) is 28.6.